The molecule has 0 unspecified atom stereocenters. The highest BCUT2D eigenvalue weighted by Gasteiger charge is 2.26. The van der Waals surface area contributed by atoms with E-state index in [-0.39, 0.29) is 10.9 Å². The van der Waals surface area contributed by atoms with Crippen molar-refractivity contribution in [3.8, 4) is 5.88 Å². The summed E-state index contributed by atoms with van der Waals surface area (Å²) >= 11 is 5.46. The van der Waals surface area contributed by atoms with Crippen LogP contribution in [0.3, 0.4) is 0 Å². The lowest BCUT2D eigenvalue weighted by Crippen LogP contribution is -2.34. The molecule has 0 atom stereocenters. The van der Waals surface area contributed by atoms with Crippen molar-refractivity contribution in [1.82, 2.24) is 4.98 Å². The first kappa shape index (κ1) is 10.2. The minimum absolute atomic E-state index is 0.00883. The molecule has 0 aliphatic heterocycles. The first-order chi connectivity index (χ1) is 5.95. The van der Waals surface area contributed by atoms with Crippen molar-refractivity contribution >= 4 is 24.0 Å². The van der Waals surface area contributed by atoms with Crippen LogP contribution in [0.1, 0.15) is 0 Å². The largest absolute Gasteiger partial charge is 0.511 e. The van der Waals surface area contributed by atoms with Crippen molar-refractivity contribution in [2.75, 3.05) is 7.11 Å². The van der Waals surface area contributed by atoms with Crippen LogP contribution in [0.2, 0.25) is 5.02 Å². The summed E-state index contributed by atoms with van der Waals surface area (Å²) in [7, 11) is 1.28. The van der Waals surface area contributed by atoms with E-state index in [2.05, 4.69) is 9.72 Å². The van der Waals surface area contributed by atoms with Gasteiger partial charge in [0, 0.05) is 6.20 Å². The van der Waals surface area contributed by atoms with Crippen LogP contribution in [0.5, 0.6) is 5.88 Å². The van der Waals surface area contributed by atoms with Crippen LogP contribution in [0.4, 0.5) is 12.9 Å². The predicted molar refractivity (Wildman–Crippen MR) is 44.5 cm³/mol. The molecule has 1 aromatic rings. The van der Waals surface area contributed by atoms with Crippen molar-refractivity contribution in [2.45, 2.75) is 0 Å². The molecular formula is C6H5BClF3NO-. The van der Waals surface area contributed by atoms with Gasteiger partial charge < -0.3 is 17.7 Å². The molecule has 0 N–H and O–H groups in total. The van der Waals surface area contributed by atoms with Gasteiger partial charge in [0.05, 0.1) is 12.1 Å². The van der Waals surface area contributed by atoms with Crippen LogP contribution in [0, 0.1) is 0 Å². The maximum absolute atomic E-state index is 12.1. The van der Waals surface area contributed by atoms with Crippen LogP contribution in [0.15, 0.2) is 12.3 Å². The van der Waals surface area contributed by atoms with Crippen molar-refractivity contribution in [2.24, 2.45) is 0 Å². The summed E-state index contributed by atoms with van der Waals surface area (Å²) in [5, 5.41) is -0.140. The summed E-state index contributed by atoms with van der Waals surface area (Å²) in [4.78, 5) is 3.40. The Hall–Kier alpha value is -0.905. The van der Waals surface area contributed by atoms with E-state index in [0.29, 0.717) is 6.20 Å². The molecule has 0 aromatic carbocycles. The Bertz CT molecular complexity index is 317. The second-order valence-corrected chi connectivity index (χ2v) is 2.74. The molecule has 72 valence electrons. The van der Waals surface area contributed by atoms with Crippen LogP contribution in [0.25, 0.3) is 0 Å². The fourth-order valence-corrected chi connectivity index (χ4v) is 1.02. The number of methoxy groups -OCH3 is 1. The number of halogens is 4. The molecule has 0 radical (unpaired) electrons. The highest BCUT2D eigenvalue weighted by molar-refractivity contribution is 6.73. The monoisotopic (exact) mass is 210 g/mol. The minimum atomic E-state index is -5.05. The van der Waals surface area contributed by atoms with Gasteiger partial charge in [0.25, 0.3) is 0 Å². The second kappa shape index (κ2) is 3.45. The van der Waals surface area contributed by atoms with Crippen molar-refractivity contribution in [3.05, 3.63) is 17.3 Å². The van der Waals surface area contributed by atoms with Crippen LogP contribution in [-0.2, 0) is 0 Å². The third kappa shape index (κ3) is 2.27. The van der Waals surface area contributed by atoms with E-state index in [1.807, 2.05) is 0 Å². The van der Waals surface area contributed by atoms with Crippen LogP contribution < -0.4 is 10.2 Å². The summed E-state index contributed by atoms with van der Waals surface area (Å²) < 4.78 is 41.0. The molecule has 1 rings (SSSR count). The van der Waals surface area contributed by atoms with E-state index < -0.39 is 12.4 Å². The number of hydrogen-bond donors (Lipinski definition) is 0. The molecule has 0 saturated carbocycles. The summed E-state index contributed by atoms with van der Waals surface area (Å²) in [6, 6.07) is 0.799. The first-order valence-corrected chi connectivity index (χ1v) is 3.72. The molecule has 13 heavy (non-hydrogen) atoms. The van der Waals surface area contributed by atoms with Gasteiger partial charge in [0.2, 0.25) is 5.88 Å². The number of ether oxygens (including phenoxy) is 1. The second-order valence-electron chi connectivity index (χ2n) is 2.33. The highest BCUT2D eigenvalue weighted by Crippen LogP contribution is 2.20. The van der Waals surface area contributed by atoms with Crippen LogP contribution in [-0.4, -0.2) is 19.1 Å². The van der Waals surface area contributed by atoms with Gasteiger partial charge in [-0.1, -0.05) is 23.1 Å². The molecular weight excluding hydrogens is 205 g/mol. The number of rotatable bonds is 2. The Morgan fingerprint density at radius 2 is 2.08 bits per heavy atom. The Labute approximate surface area is 77.7 Å². The van der Waals surface area contributed by atoms with Gasteiger partial charge in [-0.05, 0) is 0 Å². The van der Waals surface area contributed by atoms with Gasteiger partial charge in [0.1, 0.15) is 0 Å². The molecule has 0 bridgehead atoms. The fraction of sp³-hybridized carbons (Fsp3) is 0.167. The molecule has 0 saturated heterocycles. The van der Waals surface area contributed by atoms with Gasteiger partial charge in [0.15, 0.2) is 0 Å². The molecule has 1 aromatic heterocycles. The standard InChI is InChI=1S/C6H5BClF3NO/c1-13-6-5(8)2-4(3-12-6)7(9,10)11/h2-3H,1H3/q-1. The zero-order chi connectivity index (χ0) is 10.1. The zero-order valence-electron chi connectivity index (χ0n) is 6.60. The van der Waals surface area contributed by atoms with Crippen LogP contribution >= 0.6 is 11.6 Å². The van der Waals surface area contributed by atoms with Crippen molar-refractivity contribution < 1.29 is 17.7 Å². The summed E-state index contributed by atoms with van der Waals surface area (Å²) in [6.07, 6.45) is 0.699. The number of pyridine rings is 1. The molecule has 1 heterocycles. The maximum Gasteiger partial charge on any atom is 0.511 e. The van der Waals surface area contributed by atoms with E-state index in [4.69, 9.17) is 11.6 Å². The lowest BCUT2D eigenvalue weighted by atomic mass is 9.82. The van der Waals surface area contributed by atoms with Crippen molar-refractivity contribution in [1.29, 1.82) is 0 Å². The third-order valence-electron chi connectivity index (χ3n) is 1.40. The Balaban J connectivity index is 3.10. The van der Waals surface area contributed by atoms with Gasteiger partial charge in [-0.2, -0.15) is 0 Å². The zero-order valence-corrected chi connectivity index (χ0v) is 7.36. The molecule has 0 aliphatic rings. The summed E-state index contributed by atoms with van der Waals surface area (Å²) in [5.74, 6) is -0.00883. The normalized spacial score (nSPS) is 11.5. The van der Waals surface area contributed by atoms with Crippen molar-refractivity contribution in [3.63, 3.8) is 0 Å². The molecule has 0 aliphatic carbocycles. The number of nitrogens with zero attached hydrogens (tertiary/aromatic N) is 1. The quantitative estimate of drug-likeness (QED) is 0.694. The lowest BCUT2D eigenvalue weighted by molar-refractivity contribution is 0.398. The Kier molecular flexibility index (Phi) is 2.70. The first-order valence-electron chi connectivity index (χ1n) is 3.34. The van der Waals surface area contributed by atoms with E-state index in [1.165, 1.54) is 7.11 Å². The van der Waals surface area contributed by atoms with Gasteiger partial charge in [-0.25, -0.2) is 4.98 Å². The smallest absolute Gasteiger partial charge is 0.480 e. The van der Waals surface area contributed by atoms with E-state index >= 15 is 0 Å². The average molecular weight is 210 g/mol. The Morgan fingerprint density at radius 1 is 1.46 bits per heavy atom. The summed E-state index contributed by atoms with van der Waals surface area (Å²) in [5.41, 5.74) is -0.828. The molecule has 0 amide bonds. The third-order valence-corrected chi connectivity index (χ3v) is 1.67. The average Bonchev–Trinajstić information content (AvgIpc) is 2.02. The highest BCUT2D eigenvalue weighted by atomic mass is 35.5. The fourth-order valence-electron chi connectivity index (χ4n) is 0.769. The minimum Gasteiger partial charge on any atom is -0.480 e. The maximum atomic E-state index is 12.1. The van der Waals surface area contributed by atoms with Gasteiger partial charge in [-0.3, -0.25) is 0 Å². The molecule has 0 spiro atoms. The predicted octanol–water partition coefficient (Wildman–Crippen LogP) is 1.80. The van der Waals surface area contributed by atoms with E-state index in [9.17, 15) is 12.9 Å². The number of aromatic nitrogens is 1. The molecule has 7 heteroatoms. The topological polar surface area (TPSA) is 22.1 Å². The molecule has 2 nitrogen and oxygen atoms in total. The van der Waals surface area contributed by atoms with Gasteiger partial charge >= 0.3 is 6.98 Å². The Morgan fingerprint density at radius 3 is 2.46 bits per heavy atom. The van der Waals surface area contributed by atoms with Gasteiger partial charge in [-0.15, -0.1) is 0 Å². The van der Waals surface area contributed by atoms with E-state index in [0.717, 1.165) is 6.07 Å². The summed E-state index contributed by atoms with van der Waals surface area (Å²) in [6.45, 7) is -5.05. The SMILES string of the molecule is COc1ncc([B-](F)(F)F)cc1Cl. The number of hydrogen-bond acceptors (Lipinski definition) is 2. The lowest BCUT2D eigenvalue weighted by Gasteiger charge is -2.14. The van der Waals surface area contributed by atoms with E-state index in [1.54, 1.807) is 0 Å². The molecule has 0 fully saturated rings.